The Morgan fingerprint density at radius 1 is 0.513 bits per heavy atom. The summed E-state index contributed by atoms with van der Waals surface area (Å²) in [5.41, 5.74) is 19.5. The van der Waals surface area contributed by atoms with Crippen molar-refractivity contribution in [2.24, 2.45) is 0 Å². The summed E-state index contributed by atoms with van der Waals surface area (Å²) in [4.78, 5) is 0. The minimum Gasteiger partial charge on any atom is -0.233 e. The SMILES string of the molecule is Cc1cc(C)c(B(c2ccc(-n3nccc3-c3c(C)cc(C)cc3C)cc2)c2c(C)cc(C)cc2C)c(C)c1. The van der Waals surface area contributed by atoms with Crippen molar-refractivity contribution >= 4 is 23.1 Å². The van der Waals surface area contributed by atoms with E-state index in [-0.39, 0.29) is 6.71 Å². The maximum absolute atomic E-state index is 4.75. The highest BCUT2D eigenvalue weighted by molar-refractivity contribution is 6.96. The van der Waals surface area contributed by atoms with Gasteiger partial charge in [-0.15, -0.1) is 0 Å². The molecule has 0 bridgehead atoms. The molecule has 0 atom stereocenters. The second kappa shape index (κ2) is 10.4. The molecule has 1 aromatic heterocycles. The molecule has 0 fully saturated rings. The van der Waals surface area contributed by atoms with Crippen LogP contribution in [0.1, 0.15) is 50.1 Å². The number of nitrogens with zero attached hydrogens (tertiary/aromatic N) is 2. The number of hydrogen-bond acceptors (Lipinski definition) is 1. The van der Waals surface area contributed by atoms with Gasteiger partial charge in [0.1, 0.15) is 0 Å². The topological polar surface area (TPSA) is 17.8 Å². The maximum atomic E-state index is 4.75. The van der Waals surface area contributed by atoms with Gasteiger partial charge in [0.25, 0.3) is 0 Å². The van der Waals surface area contributed by atoms with E-state index in [0.29, 0.717) is 0 Å². The van der Waals surface area contributed by atoms with E-state index in [0.717, 1.165) is 11.4 Å². The van der Waals surface area contributed by atoms with E-state index in [1.807, 2.05) is 6.20 Å². The van der Waals surface area contributed by atoms with Gasteiger partial charge < -0.3 is 0 Å². The molecule has 0 saturated carbocycles. The lowest BCUT2D eigenvalue weighted by molar-refractivity contribution is 0.886. The Morgan fingerprint density at radius 3 is 1.36 bits per heavy atom. The van der Waals surface area contributed by atoms with Crippen LogP contribution in [0.25, 0.3) is 16.9 Å². The normalized spacial score (nSPS) is 11.2. The van der Waals surface area contributed by atoms with E-state index >= 15 is 0 Å². The molecule has 0 spiro atoms. The Bertz CT molecular complexity index is 1560. The smallest absolute Gasteiger partial charge is 0.233 e. The fraction of sp³-hybridized carbons (Fsp3) is 0.250. The number of hydrogen-bond donors (Lipinski definition) is 0. The third kappa shape index (κ3) is 4.99. The molecule has 0 N–H and O–H groups in total. The Morgan fingerprint density at radius 2 is 0.923 bits per heavy atom. The van der Waals surface area contributed by atoms with Crippen molar-refractivity contribution in [2.75, 3.05) is 0 Å². The fourth-order valence-corrected chi connectivity index (χ4v) is 6.86. The van der Waals surface area contributed by atoms with Gasteiger partial charge >= 0.3 is 0 Å². The summed E-state index contributed by atoms with van der Waals surface area (Å²) in [6, 6.07) is 25.0. The molecule has 0 aliphatic rings. The summed E-state index contributed by atoms with van der Waals surface area (Å²) in [5.74, 6) is 0. The highest BCUT2D eigenvalue weighted by Crippen LogP contribution is 2.30. The predicted molar refractivity (Wildman–Crippen MR) is 169 cm³/mol. The number of aryl methyl sites for hydroxylation is 9. The predicted octanol–water partition coefficient (Wildman–Crippen LogP) is 6.83. The second-order valence-electron chi connectivity index (χ2n) is 11.6. The van der Waals surface area contributed by atoms with Gasteiger partial charge in [-0.25, -0.2) is 4.68 Å². The molecule has 0 saturated heterocycles. The Labute approximate surface area is 234 Å². The molecule has 5 aromatic rings. The van der Waals surface area contributed by atoms with Crippen molar-refractivity contribution in [1.29, 1.82) is 0 Å². The van der Waals surface area contributed by atoms with Gasteiger partial charge in [0.15, 0.2) is 0 Å². The quantitative estimate of drug-likeness (QED) is 0.237. The van der Waals surface area contributed by atoms with Crippen LogP contribution in [0, 0.1) is 62.3 Å². The Balaban J connectivity index is 1.66. The molecule has 0 unspecified atom stereocenters. The van der Waals surface area contributed by atoms with Crippen molar-refractivity contribution < 1.29 is 0 Å². The van der Waals surface area contributed by atoms with E-state index in [4.69, 9.17) is 5.10 Å². The molecule has 1 heterocycles. The molecule has 0 amide bonds. The highest BCUT2D eigenvalue weighted by Gasteiger charge is 2.28. The minimum absolute atomic E-state index is 0.166. The third-order valence-electron chi connectivity index (χ3n) is 8.10. The van der Waals surface area contributed by atoms with E-state index in [9.17, 15) is 0 Å². The van der Waals surface area contributed by atoms with Gasteiger partial charge in [-0.2, -0.15) is 5.10 Å². The van der Waals surface area contributed by atoms with Crippen LogP contribution < -0.4 is 16.4 Å². The van der Waals surface area contributed by atoms with Crippen LogP contribution in [0.15, 0.2) is 72.9 Å². The summed E-state index contributed by atoms with van der Waals surface area (Å²) in [5, 5.41) is 4.75. The van der Waals surface area contributed by atoms with Gasteiger partial charge in [-0.1, -0.05) is 104 Å². The van der Waals surface area contributed by atoms with Gasteiger partial charge in [-0.3, -0.25) is 0 Å². The summed E-state index contributed by atoms with van der Waals surface area (Å²) in [6.07, 6.45) is 1.91. The molecule has 2 nitrogen and oxygen atoms in total. The summed E-state index contributed by atoms with van der Waals surface area (Å²) < 4.78 is 2.08. The molecule has 0 radical (unpaired) electrons. The zero-order chi connectivity index (χ0) is 28.0. The van der Waals surface area contributed by atoms with Crippen molar-refractivity contribution in [1.82, 2.24) is 9.78 Å². The number of benzene rings is 4. The average molecular weight is 511 g/mol. The molecule has 39 heavy (non-hydrogen) atoms. The van der Waals surface area contributed by atoms with Crippen LogP contribution in [-0.4, -0.2) is 16.5 Å². The lowest BCUT2D eigenvalue weighted by atomic mass is 9.34. The minimum atomic E-state index is 0.166. The van der Waals surface area contributed by atoms with Crippen LogP contribution in [0.2, 0.25) is 0 Å². The first-order valence-corrected chi connectivity index (χ1v) is 13.9. The van der Waals surface area contributed by atoms with Crippen LogP contribution in [0.3, 0.4) is 0 Å². The molecule has 4 aromatic carbocycles. The van der Waals surface area contributed by atoms with Crippen LogP contribution in [0.5, 0.6) is 0 Å². The van der Waals surface area contributed by atoms with Crippen LogP contribution >= 0.6 is 0 Å². The van der Waals surface area contributed by atoms with Crippen molar-refractivity contribution in [3.05, 3.63) is 123 Å². The standard InChI is InChI=1S/C36H39BN2/c1-22-16-25(4)34(26(5)17-22)33-14-15-38-39(33)32-12-10-31(11-13-32)37(35-27(6)18-23(2)19-28(35)7)36-29(8)20-24(3)21-30(36)9/h10-21H,1-9H3. The lowest BCUT2D eigenvalue weighted by Gasteiger charge is -2.25. The first kappa shape index (κ1) is 26.7. The zero-order valence-electron chi connectivity index (χ0n) is 24.9. The summed E-state index contributed by atoms with van der Waals surface area (Å²) in [6.45, 7) is 20.1. The third-order valence-corrected chi connectivity index (χ3v) is 8.10. The highest BCUT2D eigenvalue weighted by atomic mass is 15.3. The van der Waals surface area contributed by atoms with Gasteiger partial charge in [0.05, 0.1) is 17.6 Å². The van der Waals surface area contributed by atoms with Gasteiger partial charge in [0.2, 0.25) is 6.71 Å². The average Bonchev–Trinajstić information content (AvgIpc) is 3.30. The van der Waals surface area contributed by atoms with Crippen molar-refractivity contribution in [2.45, 2.75) is 62.3 Å². The number of aromatic nitrogens is 2. The van der Waals surface area contributed by atoms with Crippen LogP contribution in [-0.2, 0) is 0 Å². The lowest BCUT2D eigenvalue weighted by Crippen LogP contribution is -2.55. The molecule has 3 heteroatoms. The largest absolute Gasteiger partial charge is 0.242 e. The maximum Gasteiger partial charge on any atom is 0.242 e. The van der Waals surface area contributed by atoms with Crippen molar-refractivity contribution in [3.8, 4) is 16.9 Å². The second-order valence-corrected chi connectivity index (χ2v) is 11.6. The molecular weight excluding hydrogens is 471 g/mol. The van der Waals surface area contributed by atoms with Gasteiger partial charge in [-0.05, 0) is 91.6 Å². The Hall–Kier alpha value is -3.85. The van der Waals surface area contributed by atoms with Crippen LogP contribution in [0.4, 0.5) is 0 Å². The number of rotatable bonds is 5. The van der Waals surface area contributed by atoms with Crippen molar-refractivity contribution in [3.63, 3.8) is 0 Å². The van der Waals surface area contributed by atoms with E-state index in [1.165, 1.54) is 72.0 Å². The Kier molecular flexibility index (Phi) is 7.12. The monoisotopic (exact) mass is 510 g/mol. The van der Waals surface area contributed by atoms with E-state index < -0.39 is 0 Å². The van der Waals surface area contributed by atoms with Gasteiger partial charge in [0, 0.05) is 5.56 Å². The molecule has 5 rings (SSSR count). The zero-order valence-corrected chi connectivity index (χ0v) is 24.9. The molecule has 196 valence electrons. The summed E-state index contributed by atoms with van der Waals surface area (Å²) in [7, 11) is 0. The van der Waals surface area contributed by atoms with E-state index in [2.05, 4.69) is 134 Å². The van der Waals surface area contributed by atoms with E-state index in [1.54, 1.807) is 0 Å². The molecule has 0 aliphatic carbocycles. The first-order valence-electron chi connectivity index (χ1n) is 13.9. The summed E-state index contributed by atoms with van der Waals surface area (Å²) >= 11 is 0. The molecule has 0 aliphatic heterocycles. The first-order chi connectivity index (χ1) is 18.5. The molecular formula is C36H39BN2. The fourth-order valence-electron chi connectivity index (χ4n) is 6.86.